The molecular weight excluding hydrogens is 414 g/mol. The molecule has 1 fully saturated rings. The van der Waals surface area contributed by atoms with Gasteiger partial charge in [0.2, 0.25) is 10.0 Å². The molecule has 2 amide bonds. The van der Waals surface area contributed by atoms with Crippen LogP contribution in [0.1, 0.15) is 64.4 Å². The minimum atomic E-state index is -3.68. The fraction of sp³-hybridized carbons (Fsp3) is 0.391. The number of amides is 2. The second-order valence-electron chi connectivity index (χ2n) is 8.23. The minimum Gasteiger partial charge on any atom is -0.267 e. The number of sulfonamides is 1. The number of hydrazine groups is 1. The van der Waals surface area contributed by atoms with E-state index in [-0.39, 0.29) is 16.5 Å². The number of piperidine rings is 1. The lowest BCUT2D eigenvalue weighted by molar-refractivity contribution is 0.0846. The van der Waals surface area contributed by atoms with Crippen molar-refractivity contribution in [1.82, 2.24) is 15.2 Å². The number of nitrogens with zero attached hydrogens (tertiary/aromatic N) is 1. The Morgan fingerprint density at radius 2 is 1.61 bits per heavy atom. The normalized spacial score (nSPS) is 18.9. The van der Waals surface area contributed by atoms with Gasteiger partial charge < -0.3 is 0 Å². The molecule has 2 aliphatic rings. The maximum atomic E-state index is 13.0. The van der Waals surface area contributed by atoms with Crippen LogP contribution >= 0.6 is 0 Å². The Bertz CT molecular complexity index is 1110. The maximum absolute atomic E-state index is 13.0. The highest BCUT2D eigenvalue weighted by molar-refractivity contribution is 7.89. The molecule has 0 bridgehead atoms. The van der Waals surface area contributed by atoms with Crippen molar-refractivity contribution in [3.63, 3.8) is 0 Å². The predicted octanol–water partition coefficient (Wildman–Crippen LogP) is 2.81. The molecule has 0 aromatic heterocycles. The SMILES string of the molecule is CC1CCCCN1S(=O)(=O)c1cccc(C(=O)NNC(=O)c2ccc3c(c2)CCC3)c1. The van der Waals surface area contributed by atoms with Crippen molar-refractivity contribution in [2.75, 3.05) is 6.54 Å². The van der Waals surface area contributed by atoms with E-state index in [0.717, 1.165) is 38.5 Å². The van der Waals surface area contributed by atoms with Gasteiger partial charge in [0.05, 0.1) is 4.90 Å². The van der Waals surface area contributed by atoms with Crippen molar-refractivity contribution in [2.45, 2.75) is 56.4 Å². The molecular formula is C23H27N3O4S. The topological polar surface area (TPSA) is 95.6 Å². The largest absolute Gasteiger partial charge is 0.269 e. The molecule has 2 N–H and O–H groups in total. The highest BCUT2D eigenvalue weighted by Gasteiger charge is 2.31. The number of fused-ring (bicyclic) bond motifs is 1. The van der Waals surface area contributed by atoms with Crippen LogP contribution in [0.3, 0.4) is 0 Å². The lowest BCUT2D eigenvalue weighted by Crippen LogP contribution is -2.42. The molecule has 1 aliphatic heterocycles. The van der Waals surface area contributed by atoms with Gasteiger partial charge in [0, 0.05) is 23.7 Å². The van der Waals surface area contributed by atoms with Gasteiger partial charge in [-0.15, -0.1) is 0 Å². The van der Waals surface area contributed by atoms with Crippen molar-refractivity contribution < 1.29 is 18.0 Å². The summed E-state index contributed by atoms with van der Waals surface area (Å²) in [5, 5.41) is 0. The van der Waals surface area contributed by atoms with E-state index in [0.29, 0.717) is 12.1 Å². The molecule has 0 spiro atoms. The summed E-state index contributed by atoms with van der Waals surface area (Å²) in [5.41, 5.74) is 7.89. The average Bonchev–Trinajstić information content (AvgIpc) is 3.25. The fourth-order valence-electron chi connectivity index (χ4n) is 4.33. The van der Waals surface area contributed by atoms with Gasteiger partial charge in [-0.2, -0.15) is 4.31 Å². The van der Waals surface area contributed by atoms with Crippen LogP contribution in [0.5, 0.6) is 0 Å². The van der Waals surface area contributed by atoms with Crippen molar-refractivity contribution in [1.29, 1.82) is 0 Å². The van der Waals surface area contributed by atoms with Crippen LogP contribution in [0.4, 0.5) is 0 Å². The molecule has 8 heteroatoms. The monoisotopic (exact) mass is 441 g/mol. The molecule has 1 saturated heterocycles. The summed E-state index contributed by atoms with van der Waals surface area (Å²) >= 11 is 0. The summed E-state index contributed by atoms with van der Waals surface area (Å²) in [4.78, 5) is 25.1. The summed E-state index contributed by atoms with van der Waals surface area (Å²) in [6, 6.07) is 11.4. The summed E-state index contributed by atoms with van der Waals surface area (Å²) in [5.74, 6) is -0.979. The van der Waals surface area contributed by atoms with Gasteiger partial charge in [-0.1, -0.05) is 18.6 Å². The summed E-state index contributed by atoms with van der Waals surface area (Å²) < 4.78 is 27.6. The number of hydrogen-bond donors (Lipinski definition) is 2. The van der Waals surface area contributed by atoms with E-state index in [1.54, 1.807) is 12.1 Å². The van der Waals surface area contributed by atoms with Crippen molar-refractivity contribution >= 4 is 21.8 Å². The Kier molecular flexibility index (Phi) is 6.11. The summed E-state index contributed by atoms with van der Waals surface area (Å²) in [6.45, 7) is 2.39. The van der Waals surface area contributed by atoms with Gasteiger partial charge in [-0.25, -0.2) is 8.42 Å². The number of aryl methyl sites for hydroxylation is 2. The molecule has 4 rings (SSSR count). The number of carbonyl (C=O) groups excluding carboxylic acids is 2. The zero-order valence-corrected chi connectivity index (χ0v) is 18.4. The molecule has 164 valence electrons. The summed E-state index contributed by atoms with van der Waals surface area (Å²) in [6.07, 6.45) is 5.75. The molecule has 0 saturated carbocycles. The van der Waals surface area contributed by atoms with Gasteiger partial charge in [0.15, 0.2) is 0 Å². The van der Waals surface area contributed by atoms with Gasteiger partial charge in [-0.05, 0) is 80.5 Å². The van der Waals surface area contributed by atoms with Crippen LogP contribution in [0.2, 0.25) is 0 Å². The molecule has 2 aromatic rings. The zero-order chi connectivity index (χ0) is 22.0. The number of rotatable bonds is 4. The summed E-state index contributed by atoms with van der Waals surface area (Å²) in [7, 11) is -3.68. The van der Waals surface area contributed by atoms with Crippen LogP contribution in [0, 0.1) is 0 Å². The lowest BCUT2D eigenvalue weighted by Gasteiger charge is -2.32. The minimum absolute atomic E-state index is 0.0668. The van der Waals surface area contributed by atoms with Gasteiger partial charge in [0.1, 0.15) is 0 Å². The van der Waals surface area contributed by atoms with Crippen molar-refractivity contribution in [2.24, 2.45) is 0 Å². The van der Waals surface area contributed by atoms with Crippen LogP contribution < -0.4 is 10.9 Å². The van der Waals surface area contributed by atoms with E-state index in [1.165, 1.54) is 33.6 Å². The first-order chi connectivity index (χ1) is 14.9. The lowest BCUT2D eigenvalue weighted by atomic mass is 10.1. The molecule has 7 nitrogen and oxygen atoms in total. The van der Waals surface area contributed by atoms with Crippen LogP contribution in [0.15, 0.2) is 47.4 Å². The Morgan fingerprint density at radius 3 is 2.35 bits per heavy atom. The van der Waals surface area contributed by atoms with Crippen LogP contribution in [0.25, 0.3) is 0 Å². The van der Waals surface area contributed by atoms with E-state index >= 15 is 0 Å². The molecule has 0 radical (unpaired) electrons. The fourth-order valence-corrected chi connectivity index (χ4v) is 6.08. The third kappa shape index (κ3) is 4.50. The van der Waals surface area contributed by atoms with E-state index in [2.05, 4.69) is 10.9 Å². The van der Waals surface area contributed by atoms with E-state index in [4.69, 9.17) is 0 Å². The Labute approximate surface area is 182 Å². The Balaban J connectivity index is 1.44. The highest BCUT2D eigenvalue weighted by atomic mass is 32.2. The molecule has 2 aromatic carbocycles. The van der Waals surface area contributed by atoms with Crippen LogP contribution in [-0.4, -0.2) is 37.1 Å². The molecule has 1 unspecified atom stereocenters. The third-order valence-corrected chi connectivity index (χ3v) is 8.10. The van der Waals surface area contributed by atoms with Gasteiger partial charge in [-0.3, -0.25) is 20.4 Å². The highest BCUT2D eigenvalue weighted by Crippen LogP contribution is 2.26. The second kappa shape index (κ2) is 8.80. The number of nitrogens with one attached hydrogen (secondary N) is 2. The molecule has 31 heavy (non-hydrogen) atoms. The second-order valence-corrected chi connectivity index (χ2v) is 10.1. The number of carbonyl (C=O) groups is 2. The first kappa shape index (κ1) is 21.5. The average molecular weight is 442 g/mol. The van der Waals surface area contributed by atoms with Gasteiger partial charge in [0.25, 0.3) is 11.8 Å². The van der Waals surface area contributed by atoms with Crippen molar-refractivity contribution in [3.8, 4) is 0 Å². The predicted molar refractivity (Wildman–Crippen MR) is 117 cm³/mol. The van der Waals surface area contributed by atoms with E-state index < -0.39 is 21.8 Å². The third-order valence-electron chi connectivity index (χ3n) is 6.10. The quantitative estimate of drug-likeness (QED) is 0.713. The van der Waals surface area contributed by atoms with Crippen molar-refractivity contribution in [3.05, 3.63) is 64.7 Å². The van der Waals surface area contributed by atoms with E-state index in [1.807, 2.05) is 19.1 Å². The van der Waals surface area contributed by atoms with Crippen LogP contribution in [-0.2, 0) is 22.9 Å². The molecule has 1 aliphatic carbocycles. The number of hydrogen-bond acceptors (Lipinski definition) is 4. The molecule has 1 atom stereocenters. The zero-order valence-electron chi connectivity index (χ0n) is 17.6. The number of benzene rings is 2. The first-order valence-electron chi connectivity index (χ1n) is 10.7. The Morgan fingerprint density at radius 1 is 0.903 bits per heavy atom. The Hall–Kier alpha value is -2.71. The standard InChI is InChI=1S/C23H27N3O4S/c1-16-6-2-3-13-26(16)31(29,30)21-10-5-9-19(15-21)22(27)24-25-23(28)20-12-11-17-7-4-8-18(17)14-20/h5,9-12,14-16H,2-4,6-8,13H2,1H3,(H,24,27)(H,25,28). The van der Waals surface area contributed by atoms with E-state index in [9.17, 15) is 18.0 Å². The maximum Gasteiger partial charge on any atom is 0.269 e. The van der Waals surface area contributed by atoms with Gasteiger partial charge >= 0.3 is 0 Å². The smallest absolute Gasteiger partial charge is 0.267 e. The first-order valence-corrected chi connectivity index (χ1v) is 12.1. The molecule has 1 heterocycles.